The van der Waals surface area contributed by atoms with E-state index in [-0.39, 0.29) is 24.3 Å². The maximum atomic E-state index is 12.3. The predicted molar refractivity (Wildman–Crippen MR) is 112 cm³/mol. The summed E-state index contributed by atoms with van der Waals surface area (Å²) in [5.41, 5.74) is 4.69. The number of nitrogens with zero attached hydrogens (tertiary/aromatic N) is 2. The van der Waals surface area contributed by atoms with Gasteiger partial charge in [-0.1, -0.05) is 18.2 Å². The fourth-order valence-corrected chi connectivity index (χ4v) is 3.19. The number of aromatic nitrogens is 2. The quantitative estimate of drug-likeness (QED) is 0.619. The molecule has 6 heteroatoms. The lowest BCUT2D eigenvalue weighted by atomic mass is 10.1. The molecule has 0 spiro atoms. The second kappa shape index (κ2) is 8.73. The van der Waals surface area contributed by atoms with Gasteiger partial charge < -0.3 is 10.1 Å². The summed E-state index contributed by atoms with van der Waals surface area (Å²) in [6.45, 7) is 7.36. The van der Waals surface area contributed by atoms with Gasteiger partial charge in [-0.05, 0) is 63.6 Å². The standard InChI is InChI=1S/C23H25N3O3/c1-15-7-5-6-8-22(15)26-17(3)21(13-24-26)16(2)25-23(28)14-29-20-11-9-19(10-12-20)18(4)27/h5-13,16H,14H2,1-4H3,(H,25,28)/t16-/m1/s1. The zero-order chi connectivity index (χ0) is 21.0. The molecule has 3 rings (SSSR count). The number of benzene rings is 2. The van der Waals surface area contributed by atoms with Gasteiger partial charge in [0.05, 0.1) is 17.9 Å². The van der Waals surface area contributed by atoms with E-state index in [1.165, 1.54) is 6.92 Å². The van der Waals surface area contributed by atoms with E-state index in [1.807, 2.05) is 49.7 Å². The van der Waals surface area contributed by atoms with Crippen molar-refractivity contribution in [2.75, 3.05) is 6.61 Å². The van der Waals surface area contributed by atoms with Crippen molar-refractivity contribution in [3.8, 4) is 11.4 Å². The summed E-state index contributed by atoms with van der Waals surface area (Å²) >= 11 is 0. The van der Waals surface area contributed by atoms with Crippen LogP contribution in [0, 0.1) is 13.8 Å². The summed E-state index contributed by atoms with van der Waals surface area (Å²) in [6, 6.07) is 14.6. The maximum absolute atomic E-state index is 12.3. The summed E-state index contributed by atoms with van der Waals surface area (Å²) in [7, 11) is 0. The van der Waals surface area contributed by atoms with Gasteiger partial charge in [0.2, 0.25) is 0 Å². The van der Waals surface area contributed by atoms with Crippen LogP contribution >= 0.6 is 0 Å². The summed E-state index contributed by atoms with van der Waals surface area (Å²) in [5, 5.41) is 7.44. The summed E-state index contributed by atoms with van der Waals surface area (Å²) in [5.74, 6) is 0.308. The van der Waals surface area contributed by atoms with Crippen LogP contribution in [0.25, 0.3) is 5.69 Å². The zero-order valence-corrected chi connectivity index (χ0v) is 17.1. The number of rotatable bonds is 7. The minimum absolute atomic E-state index is 0.00951. The van der Waals surface area contributed by atoms with Gasteiger partial charge in [0.1, 0.15) is 5.75 Å². The lowest BCUT2D eigenvalue weighted by Gasteiger charge is -2.15. The molecule has 2 aromatic carbocycles. The Balaban J connectivity index is 1.61. The largest absolute Gasteiger partial charge is 0.484 e. The second-order valence-electron chi connectivity index (χ2n) is 7.04. The van der Waals surface area contributed by atoms with Crippen molar-refractivity contribution in [2.45, 2.75) is 33.7 Å². The molecule has 1 atom stereocenters. The van der Waals surface area contributed by atoms with E-state index in [0.29, 0.717) is 11.3 Å². The van der Waals surface area contributed by atoms with Crippen LogP contribution in [-0.2, 0) is 4.79 Å². The SMILES string of the molecule is CC(=O)c1ccc(OCC(=O)N[C@H](C)c2cnn(-c3ccccc3C)c2C)cc1. The number of para-hydroxylation sites is 1. The first-order valence-electron chi connectivity index (χ1n) is 9.50. The number of amides is 1. The lowest BCUT2D eigenvalue weighted by Crippen LogP contribution is -2.31. The maximum Gasteiger partial charge on any atom is 0.258 e. The number of ether oxygens (including phenoxy) is 1. The van der Waals surface area contributed by atoms with Gasteiger partial charge >= 0.3 is 0 Å². The molecule has 1 heterocycles. The number of hydrogen-bond acceptors (Lipinski definition) is 4. The third-order valence-electron chi connectivity index (χ3n) is 4.87. The number of Topliss-reactive ketones (excluding diaryl/α,β-unsaturated/α-hetero) is 1. The second-order valence-corrected chi connectivity index (χ2v) is 7.04. The smallest absolute Gasteiger partial charge is 0.258 e. The lowest BCUT2D eigenvalue weighted by molar-refractivity contribution is -0.123. The Kier molecular flexibility index (Phi) is 6.12. The summed E-state index contributed by atoms with van der Waals surface area (Å²) in [6.07, 6.45) is 1.79. The van der Waals surface area contributed by atoms with Crippen LogP contribution in [0.5, 0.6) is 5.75 Å². The van der Waals surface area contributed by atoms with Crippen molar-refractivity contribution < 1.29 is 14.3 Å². The number of aryl methyl sites for hydroxylation is 1. The third kappa shape index (κ3) is 4.71. The molecule has 0 saturated carbocycles. The van der Waals surface area contributed by atoms with E-state index in [9.17, 15) is 9.59 Å². The Morgan fingerprint density at radius 3 is 2.45 bits per heavy atom. The van der Waals surface area contributed by atoms with Crippen molar-refractivity contribution in [2.24, 2.45) is 0 Å². The minimum Gasteiger partial charge on any atom is -0.484 e. The van der Waals surface area contributed by atoms with Crippen LogP contribution in [0.1, 0.15) is 47.1 Å². The average molecular weight is 391 g/mol. The highest BCUT2D eigenvalue weighted by atomic mass is 16.5. The average Bonchev–Trinajstić information content (AvgIpc) is 3.08. The number of hydrogen-bond donors (Lipinski definition) is 1. The van der Waals surface area contributed by atoms with E-state index in [1.54, 1.807) is 30.5 Å². The van der Waals surface area contributed by atoms with Gasteiger partial charge in [-0.2, -0.15) is 5.10 Å². The Morgan fingerprint density at radius 1 is 1.10 bits per heavy atom. The fraction of sp³-hybridized carbons (Fsp3) is 0.261. The monoisotopic (exact) mass is 391 g/mol. The molecule has 1 amide bonds. The topological polar surface area (TPSA) is 73.2 Å². The number of carbonyl (C=O) groups excluding carboxylic acids is 2. The first-order valence-corrected chi connectivity index (χ1v) is 9.50. The van der Waals surface area contributed by atoms with Gasteiger partial charge in [0.25, 0.3) is 5.91 Å². The van der Waals surface area contributed by atoms with Gasteiger partial charge in [-0.25, -0.2) is 4.68 Å². The van der Waals surface area contributed by atoms with Crippen molar-refractivity contribution in [3.05, 3.63) is 77.1 Å². The Bertz CT molecular complexity index is 1020. The highest BCUT2D eigenvalue weighted by Gasteiger charge is 2.17. The molecule has 1 N–H and O–H groups in total. The Hall–Kier alpha value is -3.41. The van der Waals surface area contributed by atoms with E-state index < -0.39 is 0 Å². The van der Waals surface area contributed by atoms with Gasteiger partial charge in [0, 0.05) is 16.8 Å². The van der Waals surface area contributed by atoms with E-state index in [0.717, 1.165) is 22.5 Å². The van der Waals surface area contributed by atoms with Crippen LogP contribution in [-0.4, -0.2) is 28.1 Å². The molecule has 0 aliphatic heterocycles. The molecule has 0 fully saturated rings. The van der Waals surface area contributed by atoms with Crippen LogP contribution in [0.2, 0.25) is 0 Å². The summed E-state index contributed by atoms with van der Waals surface area (Å²) in [4.78, 5) is 23.6. The Morgan fingerprint density at radius 2 is 1.79 bits per heavy atom. The first kappa shape index (κ1) is 20.3. The molecule has 0 unspecified atom stereocenters. The van der Waals surface area contributed by atoms with Crippen LogP contribution in [0.4, 0.5) is 0 Å². The van der Waals surface area contributed by atoms with Gasteiger partial charge in [-0.3, -0.25) is 9.59 Å². The van der Waals surface area contributed by atoms with Gasteiger partial charge in [-0.15, -0.1) is 0 Å². The minimum atomic E-state index is -0.226. The molecule has 0 saturated heterocycles. The molecule has 0 radical (unpaired) electrons. The molecular weight excluding hydrogens is 366 g/mol. The van der Waals surface area contributed by atoms with Crippen molar-refractivity contribution in [1.29, 1.82) is 0 Å². The van der Waals surface area contributed by atoms with E-state index in [2.05, 4.69) is 10.4 Å². The zero-order valence-electron chi connectivity index (χ0n) is 17.1. The number of carbonyl (C=O) groups is 2. The van der Waals surface area contributed by atoms with Gasteiger partial charge in [0.15, 0.2) is 12.4 Å². The van der Waals surface area contributed by atoms with Crippen molar-refractivity contribution in [1.82, 2.24) is 15.1 Å². The van der Waals surface area contributed by atoms with E-state index >= 15 is 0 Å². The molecular formula is C23H25N3O3. The molecule has 29 heavy (non-hydrogen) atoms. The molecule has 0 bridgehead atoms. The predicted octanol–water partition coefficient (Wildman–Crippen LogP) is 3.95. The first-order chi connectivity index (χ1) is 13.9. The van der Waals surface area contributed by atoms with Crippen LogP contribution in [0.15, 0.2) is 54.7 Å². The van der Waals surface area contributed by atoms with Crippen molar-refractivity contribution >= 4 is 11.7 Å². The molecule has 3 aromatic rings. The van der Waals surface area contributed by atoms with Crippen LogP contribution in [0.3, 0.4) is 0 Å². The fourth-order valence-electron chi connectivity index (χ4n) is 3.19. The summed E-state index contributed by atoms with van der Waals surface area (Å²) < 4.78 is 7.40. The molecule has 6 nitrogen and oxygen atoms in total. The van der Waals surface area contributed by atoms with Crippen LogP contribution < -0.4 is 10.1 Å². The highest BCUT2D eigenvalue weighted by molar-refractivity contribution is 5.94. The highest BCUT2D eigenvalue weighted by Crippen LogP contribution is 2.22. The normalized spacial score (nSPS) is 11.7. The number of nitrogens with one attached hydrogen (secondary N) is 1. The molecule has 150 valence electrons. The molecule has 1 aromatic heterocycles. The Labute approximate surface area is 170 Å². The third-order valence-corrected chi connectivity index (χ3v) is 4.87. The molecule has 0 aliphatic carbocycles. The van der Waals surface area contributed by atoms with Crippen molar-refractivity contribution in [3.63, 3.8) is 0 Å². The van der Waals surface area contributed by atoms with E-state index in [4.69, 9.17) is 4.74 Å². The molecule has 0 aliphatic rings. The number of ketones is 1.